The largest absolute Gasteiger partial charge is 0.311 e. The van der Waals surface area contributed by atoms with Crippen molar-refractivity contribution in [1.82, 2.24) is 0 Å². The molecule has 0 aromatic heterocycles. The van der Waals surface area contributed by atoms with E-state index >= 15 is 0 Å². The van der Waals surface area contributed by atoms with E-state index in [1.54, 1.807) is 0 Å². The van der Waals surface area contributed by atoms with Crippen LogP contribution in [0.3, 0.4) is 0 Å². The Kier molecular flexibility index (Phi) is 12.0. The summed E-state index contributed by atoms with van der Waals surface area (Å²) in [6.07, 6.45) is 8.85. The average Bonchev–Trinajstić information content (AvgIpc) is 3.43. The zero-order chi connectivity index (χ0) is 45.5. The van der Waals surface area contributed by atoms with Gasteiger partial charge in [-0.05, 0) is 165 Å². The second-order valence-electron chi connectivity index (χ2n) is 17.3. The van der Waals surface area contributed by atoms with Crippen molar-refractivity contribution in [3.63, 3.8) is 0 Å². The third kappa shape index (κ3) is 9.09. The van der Waals surface area contributed by atoms with Gasteiger partial charge in [-0.2, -0.15) is 0 Å². The van der Waals surface area contributed by atoms with Crippen LogP contribution in [0.15, 0.2) is 279 Å². The predicted molar refractivity (Wildman–Crippen MR) is 289 cm³/mol. The van der Waals surface area contributed by atoms with E-state index in [9.17, 15) is 0 Å². The summed E-state index contributed by atoms with van der Waals surface area (Å²) in [5.41, 5.74) is 21.4. The minimum absolute atomic E-state index is 1.09. The van der Waals surface area contributed by atoms with Crippen LogP contribution in [-0.2, 0) is 0 Å². The number of anilines is 6. The molecule has 10 aromatic rings. The van der Waals surface area contributed by atoms with Gasteiger partial charge in [-0.25, -0.2) is 0 Å². The maximum absolute atomic E-state index is 2.33. The quantitative estimate of drug-likeness (QED) is 0.121. The second-order valence-corrected chi connectivity index (χ2v) is 17.3. The molecule has 324 valence electrons. The highest BCUT2D eigenvalue weighted by molar-refractivity contribution is 5.83. The van der Waals surface area contributed by atoms with Crippen LogP contribution < -0.4 is 9.80 Å². The molecule has 0 spiro atoms. The summed E-state index contributed by atoms with van der Waals surface area (Å²) in [6, 6.07) is 94.1. The smallest absolute Gasteiger partial charge is 0.0462 e. The summed E-state index contributed by atoms with van der Waals surface area (Å²) in [5, 5.41) is 0. The summed E-state index contributed by atoms with van der Waals surface area (Å²) >= 11 is 0. The molecule has 68 heavy (non-hydrogen) atoms. The number of benzene rings is 10. The van der Waals surface area contributed by atoms with Gasteiger partial charge in [0.05, 0.1) is 0 Å². The highest BCUT2D eigenvalue weighted by atomic mass is 15.1. The number of allylic oxidation sites excluding steroid dienone is 4. The summed E-state index contributed by atoms with van der Waals surface area (Å²) in [7, 11) is 0. The molecule has 0 heterocycles. The van der Waals surface area contributed by atoms with Gasteiger partial charge in [0.2, 0.25) is 0 Å². The molecule has 2 heteroatoms. The molecular weight excluding hydrogens is 821 g/mol. The summed E-state index contributed by atoms with van der Waals surface area (Å²) in [5.74, 6) is 0. The van der Waals surface area contributed by atoms with Crippen molar-refractivity contribution in [3.05, 3.63) is 285 Å². The molecule has 0 amide bonds. The molecule has 10 aromatic carbocycles. The Morgan fingerprint density at radius 2 is 0.515 bits per heavy atom. The van der Waals surface area contributed by atoms with Crippen molar-refractivity contribution in [3.8, 4) is 55.6 Å². The highest BCUT2D eigenvalue weighted by Gasteiger charge is 2.16. The van der Waals surface area contributed by atoms with Crippen LogP contribution in [-0.4, -0.2) is 0 Å². The zero-order valence-corrected chi connectivity index (χ0v) is 37.9. The molecule has 0 saturated carbocycles. The second kappa shape index (κ2) is 19.4. The first kappa shape index (κ1) is 41.9. The van der Waals surface area contributed by atoms with Gasteiger partial charge in [0.1, 0.15) is 0 Å². The lowest BCUT2D eigenvalue weighted by atomic mass is 9.94. The topological polar surface area (TPSA) is 6.48 Å². The van der Waals surface area contributed by atoms with E-state index in [1.165, 1.54) is 66.8 Å². The molecule has 0 atom stereocenters. The summed E-state index contributed by atoms with van der Waals surface area (Å²) in [6.45, 7) is 0. The molecule has 0 radical (unpaired) electrons. The molecule has 0 unspecified atom stereocenters. The van der Waals surface area contributed by atoms with Crippen LogP contribution in [0.2, 0.25) is 0 Å². The lowest BCUT2D eigenvalue weighted by Crippen LogP contribution is -2.09. The monoisotopic (exact) mass is 870 g/mol. The Morgan fingerprint density at radius 3 is 0.882 bits per heavy atom. The maximum Gasteiger partial charge on any atom is 0.0462 e. The Bertz CT molecular complexity index is 3320. The van der Waals surface area contributed by atoms with Gasteiger partial charge in [0.15, 0.2) is 0 Å². The van der Waals surface area contributed by atoms with E-state index in [0.29, 0.717) is 0 Å². The average molecular weight is 871 g/mol. The van der Waals surface area contributed by atoms with Crippen molar-refractivity contribution >= 4 is 39.7 Å². The van der Waals surface area contributed by atoms with E-state index in [0.717, 1.165) is 47.0 Å². The fraction of sp³-hybridized carbons (Fsp3) is 0.0303. The normalized spacial score (nSPS) is 12.0. The minimum Gasteiger partial charge on any atom is -0.311 e. The van der Waals surface area contributed by atoms with Crippen LogP contribution in [0.1, 0.15) is 18.4 Å². The lowest BCUT2D eigenvalue weighted by molar-refractivity contribution is 1.05. The molecule has 0 N–H and O–H groups in total. The number of para-hydroxylation sites is 2. The molecule has 0 saturated heterocycles. The number of nitrogens with zero attached hydrogens (tertiary/aromatic N) is 2. The van der Waals surface area contributed by atoms with E-state index in [-0.39, 0.29) is 0 Å². The SMILES string of the molecule is C1=CCCC(c2cccc(-c3ccc(N(c4ccccc4)c4ccc(-c5ccc(-c6ccc(N(c7ccccc7)c7ccc(-c8cccc(-c9ccccc9)c8)cc7)cc6)cc5)cc4)cc3)c2)=C1. The fourth-order valence-electron chi connectivity index (χ4n) is 9.37. The van der Waals surface area contributed by atoms with Gasteiger partial charge < -0.3 is 9.80 Å². The zero-order valence-electron chi connectivity index (χ0n) is 37.9. The number of rotatable bonds is 12. The van der Waals surface area contributed by atoms with Gasteiger partial charge in [-0.15, -0.1) is 0 Å². The van der Waals surface area contributed by atoms with Crippen molar-refractivity contribution < 1.29 is 0 Å². The fourth-order valence-corrected chi connectivity index (χ4v) is 9.37. The lowest BCUT2D eigenvalue weighted by Gasteiger charge is -2.26. The Balaban J connectivity index is 0.810. The van der Waals surface area contributed by atoms with Crippen LogP contribution in [0.4, 0.5) is 34.1 Å². The van der Waals surface area contributed by atoms with Crippen LogP contribution in [0, 0.1) is 0 Å². The van der Waals surface area contributed by atoms with Gasteiger partial charge in [-0.3, -0.25) is 0 Å². The van der Waals surface area contributed by atoms with Crippen LogP contribution >= 0.6 is 0 Å². The minimum atomic E-state index is 1.09. The third-order valence-electron chi connectivity index (χ3n) is 13.0. The van der Waals surface area contributed by atoms with Gasteiger partial charge in [-0.1, -0.05) is 194 Å². The van der Waals surface area contributed by atoms with Crippen LogP contribution in [0.25, 0.3) is 61.2 Å². The molecule has 0 aliphatic heterocycles. The maximum atomic E-state index is 2.33. The molecular formula is C66H50N2. The first-order valence-corrected chi connectivity index (χ1v) is 23.5. The van der Waals surface area contributed by atoms with Crippen molar-refractivity contribution in [1.29, 1.82) is 0 Å². The van der Waals surface area contributed by atoms with Crippen molar-refractivity contribution in [2.75, 3.05) is 9.80 Å². The first-order valence-electron chi connectivity index (χ1n) is 23.5. The molecule has 2 nitrogen and oxygen atoms in total. The number of hydrogen-bond acceptors (Lipinski definition) is 2. The van der Waals surface area contributed by atoms with E-state index in [2.05, 4.69) is 289 Å². The Hall–Kier alpha value is -8.72. The van der Waals surface area contributed by atoms with Gasteiger partial charge in [0, 0.05) is 34.1 Å². The predicted octanol–water partition coefficient (Wildman–Crippen LogP) is 18.7. The molecule has 0 bridgehead atoms. The molecule has 11 rings (SSSR count). The molecule has 1 aliphatic rings. The number of hydrogen-bond donors (Lipinski definition) is 0. The van der Waals surface area contributed by atoms with Crippen molar-refractivity contribution in [2.24, 2.45) is 0 Å². The van der Waals surface area contributed by atoms with Crippen molar-refractivity contribution in [2.45, 2.75) is 12.8 Å². The Labute approximate surface area is 400 Å². The van der Waals surface area contributed by atoms with E-state index in [1.807, 2.05) is 0 Å². The van der Waals surface area contributed by atoms with Gasteiger partial charge in [0.25, 0.3) is 0 Å². The van der Waals surface area contributed by atoms with E-state index in [4.69, 9.17) is 0 Å². The third-order valence-corrected chi connectivity index (χ3v) is 13.0. The molecule has 0 fully saturated rings. The molecule has 1 aliphatic carbocycles. The first-order chi connectivity index (χ1) is 33.7. The highest BCUT2D eigenvalue weighted by Crippen LogP contribution is 2.40. The standard InChI is InChI=1S/C66H50N2/c1-5-15-49(16-6-1)57-19-13-21-59(47-57)55-35-43-65(44-36-55)67(61-23-9-3-10-24-61)63-39-31-53(32-40-63)51-27-29-52(30-28-51)54-33-41-64(42-34-54)68(62-25-11-4-12-26-62)66-45-37-56(38-46-66)60-22-14-20-58(48-60)50-17-7-2-8-18-50/h1-7,9-17,19-48H,8,18H2. The summed E-state index contributed by atoms with van der Waals surface area (Å²) in [4.78, 5) is 4.65. The Morgan fingerprint density at radius 1 is 0.235 bits per heavy atom. The van der Waals surface area contributed by atoms with Gasteiger partial charge >= 0.3 is 0 Å². The summed E-state index contributed by atoms with van der Waals surface area (Å²) < 4.78 is 0. The van der Waals surface area contributed by atoms with E-state index < -0.39 is 0 Å². The van der Waals surface area contributed by atoms with Crippen LogP contribution in [0.5, 0.6) is 0 Å².